The average molecular weight is 353 g/mol. The summed E-state index contributed by atoms with van der Waals surface area (Å²) in [6, 6.07) is 19.4. The fraction of sp³-hybridized carbons (Fsp3) is 0.211. The van der Waals surface area contributed by atoms with Crippen LogP contribution in [0.3, 0.4) is 0 Å². The highest BCUT2D eigenvalue weighted by atomic mass is 32.2. The van der Waals surface area contributed by atoms with Crippen molar-refractivity contribution in [2.45, 2.75) is 17.3 Å². The summed E-state index contributed by atoms with van der Waals surface area (Å²) >= 11 is 1.35. The highest BCUT2D eigenvalue weighted by Crippen LogP contribution is 2.36. The summed E-state index contributed by atoms with van der Waals surface area (Å²) in [7, 11) is 1.90. The van der Waals surface area contributed by atoms with E-state index in [2.05, 4.69) is 10.2 Å². The second-order valence-electron chi connectivity index (χ2n) is 5.39. The predicted octanol–water partition coefficient (Wildman–Crippen LogP) is 3.88. The summed E-state index contributed by atoms with van der Waals surface area (Å²) in [4.78, 5) is 12.4. The average Bonchev–Trinajstić information content (AvgIpc) is 3.01. The van der Waals surface area contributed by atoms with Crippen LogP contribution in [-0.4, -0.2) is 27.3 Å². The van der Waals surface area contributed by atoms with Gasteiger partial charge in [0, 0.05) is 12.6 Å². The van der Waals surface area contributed by atoms with E-state index >= 15 is 0 Å². The summed E-state index contributed by atoms with van der Waals surface area (Å²) in [6.45, 7) is 2.15. The SMILES string of the molecule is CCOC(=O)C(Sc1nnc(-c2ccccc2)n1C)c1ccccc1. The minimum absolute atomic E-state index is 0.275. The molecule has 0 saturated heterocycles. The molecule has 0 bridgehead atoms. The van der Waals surface area contributed by atoms with Gasteiger partial charge in [0.05, 0.1) is 6.61 Å². The van der Waals surface area contributed by atoms with Crippen LogP contribution in [0.4, 0.5) is 0 Å². The van der Waals surface area contributed by atoms with Crippen LogP contribution in [0.2, 0.25) is 0 Å². The van der Waals surface area contributed by atoms with Crippen LogP contribution in [-0.2, 0) is 16.6 Å². The van der Waals surface area contributed by atoms with Gasteiger partial charge in [-0.1, -0.05) is 72.4 Å². The van der Waals surface area contributed by atoms with E-state index in [1.807, 2.05) is 72.3 Å². The maximum absolute atomic E-state index is 12.4. The molecule has 0 amide bonds. The molecular weight excluding hydrogens is 334 g/mol. The molecule has 25 heavy (non-hydrogen) atoms. The second-order valence-corrected chi connectivity index (χ2v) is 6.46. The molecule has 0 N–H and O–H groups in total. The van der Waals surface area contributed by atoms with Crippen molar-refractivity contribution < 1.29 is 9.53 Å². The highest BCUT2D eigenvalue weighted by molar-refractivity contribution is 8.00. The number of ether oxygens (including phenoxy) is 1. The number of aromatic nitrogens is 3. The third kappa shape index (κ3) is 3.91. The molecule has 0 aliphatic rings. The zero-order chi connectivity index (χ0) is 17.6. The number of esters is 1. The Morgan fingerprint density at radius 3 is 2.36 bits per heavy atom. The number of thioether (sulfide) groups is 1. The fourth-order valence-electron chi connectivity index (χ4n) is 2.46. The molecule has 1 atom stereocenters. The lowest BCUT2D eigenvalue weighted by Gasteiger charge is -2.15. The van der Waals surface area contributed by atoms with E-state index in [1.54, 1.807) is 6.92 Å². The summed E-state index contributed by atoms with van der Waals surface area (Å²) in [5, 5.41) is 8.73. The lowest BCUT2D eigenvalue weighted by Crippen LogP contribution is -2.14. The first-order chi connectivity index (χ1) is 12.2. The van der Waals surface area contributed by atoms with Crippen LogP contribution >= 0.6 is 11.8 Å². The van der Waals surface area contributed by atoms with Crippen LogP contribution < -0.4 is 0 Å². The normalized spacial score (nSPS) is 11.9. The number of hydrogen-bond acceptors (Lipinski definition) is 5. The molecule has 0 spiro atoms. The Hall–Kier alpha value is -2.60. The molecular formula is C19H19N3O2S. The Morgan fingerprint density at radius 2 is 1.72 bits per heavy atom. The smallest absolute Gasteiger partial charge is 0.324 e. The highest BCUT2D eigenvalue weighted by Gasteiger charge is 2.26. The van der Waals surface area contributed by atoms with Crippen molar-refractivity contribution in [2.75, 3.05) is 6.61 Å². The molecule has 128 valence electrons. The van der Waals surface area contributed by atoms with Crippen LogP contribution in [0.15, 0.2) is 65.8 Å². The van der Waals surface area contributed by atoms with Crippen LogP contribution in [0, 0.1) is 0 Å². The van der Waals surface area contributed by atoms with Gasteiger partial charge < -0.3 is 9.30 Å². The van der Waals surface area contributed by atoms with Gasteiger partial charge in [0.2, 0.25) is 0 Å². The third-order valence-electron chi connectivity index (χ3n) is 3.69. The largest absolute Gasteiger partial charge is 0.465 e. The number of rotatable bonds is 6. The molecule has 1 aromatic heterocycles. The lowest BCUT2D eigenvalue weighted by molar-refractivity contribution is -0.142. The Kier molecular flexibility index (Phi) is 5.50. The number of carbonyl (C=O) groups excluding carboxylic acids is 1. The minimum atomic E-state index is -0.479. The van der Waals surface area contributed by atoms with E-state index in [9.17, 15) is 4.79 Å². The maximum atomic E-state index is 12.4. The summed E-state index contributed by atoms with van der Waals surface area (Å²) in [5.41, 5.74) is 1.87. The lowest BCUT2D eigenvalue weighted by atomic mass is 10.1. The van der Waals surface area contributed by atoms with Crippen molar-refractivity contribution in [3.8, 4) is 11.4 Å². The van der Waals surface area contributed by atoms with Crippen molar-refractivity contribution in [3.05, 3.63) is 66.2 Å². The van der Waals surface area contributed by atoms with Gasteiger partial charge in [0.15, 0.2) is 11.0 Å². The molecule has 1 heterocycles. The number of carbonyl (C=O) groups is 1. The van der Waals surface area contributed by atoms with E-state index in [0.29, 0.717) is 11.8 Å². The van der Waals surface area contributed by atoms with Crippen LogP contribution in [0.5, 0.6) is 0 Å². The predicted molar refractivity (Wildman–Crippen MR) is 98.1 cm³/mol. The Balaban J connectivity index is 1.90. The third-order valence-corrected chi connectivity index (χ3v) is 4.96. The van der Waals surface area contributed by atoms with E-state index in [0.717, 1.165) is 17.0 Å². The zero-order valence-electron chi connectivity index (χ0n) is 14.1. The van der Waals surface area contributed by atoms with Gasteiger partial charge in [-0.25, -0.2) is 0 Å². The van der Waals surface area contributed by atoms with Crippen molar-refractivity contribution in [1.82, 2.24) is 14.8 Å². The van der Waals surface area contributed by atoms with Gasteiger partial charge in [-0.05, 0) is 12.5 Å². The molecule has 3 rings (SSSR count). The molecule has 0 saturated carbocycles. The van der Waals surface area contributed by atoms with Gasteiger partial charge >= 0.3 is 5.97 Å². The van der Waals surface area contributed by atoms with Crippen molar-refractivity contribution in [2.24, 2.45) is 7.05 Å². The van der Waals surface area contributed by atoms with Crippen LogP contribution in [0.25, 0.3) is 11.4 Å². The van der Waals surface area contributed by atoms with Gasteiger partial charge in [0.25, 0.3) is 0 Å². The van der Waals surface area contributed by atoms with Gasteiger partial charge in [0.1, 0.15) is 5.25 Å². The topological polar surface area (TPSA) is 57.0 Å². The molecule has 2 aromatic carbocycles. The van der Waals surface area contributed by atoms with Crippen LogP contribution in [0.1, 0.15) is 17.7 Å². The number of nitrogens with zero attached hydrogens (tertiary/aromatic N) is 3. The minimum Gasteiger partial charge on any atom is -0.465 e. The first kappa shape index (κ1) is 17.2. The summed E-state index contributed by atoms with van der Waals surface area (Å²) in [6.07, 6.45) is 0. The van der Waals surface area contributed by atoms with Gasteiger partial charge in [-0.3, -0.25) is 4.79 Å². The van der Waals surface area contributed by atoms with Gasteiger partial charge in [-0.15, -0.1) is 10.2 Å². The molecule has 0 aliphatic heterocycles. The van der Waals surface area contributed by atoms with Crippen molar-refractivity contribution in [1.29, 1.82) is 0 Å². The molecule has 0 fully saturated rings. The van der Waals surface area contributed by atoms with Crippen molar-refractivity contribution >= 4 is 17.7 Å². The summed E-state index contributed by atoms with van der Waals surface area (Å²) in [5.74, 6) is 0.488. The molecule has 1 unspecified atom stereocenters. The maximum Gasteiger partial charge on any atom is 0.324 e. The van der Waals surface area contributed by atoms with E-state index < -0.39 is 5.25 Å². The first-order valence-corrected chi connectivity index (χ1v) is 8.91. The molecule has 3 aromatic rings. The Morgan fingerprint density at radius 1 is 1.08 bits per heavy atom. The Bertz CT molecular complexity index is 834. The Labute approximate surface area is 151 Å². The molecule has 0 radical (unpaired) electrons. The standard InChI is InChI=1S/C19H19N3O2S/c1-3-24-18(23)16(14-10-6-4-7-11-14)25-19-21-20-17(22(19)2)15-12-8-5-9-13-15/h4-13,16H,3H2,1-2H3. The molecule has 0 aliphatic carbocycles. The number of hydrogen-bond donors (Lipinski definition) is 0. The monoisotopic (exact) mass is 353 g/mol. The molecule has 6 heteroatoms. The zero-order valence-corrected chi connectivity index (χ0v) is 14.9. The first-order valence-electron chi connectivity index (χ1n) is 8.03. The quantitative estimate of drug-likeness (QED) is 0.497. The fourth-order valence-corrected chi connectivity index (χ4v) is 3.46. The second kappa shape index (κ2) is 7.98. The van der Waals surface area contributed by atoms with Crippen molar-refractivity contribution in [3.63, 3.8) is 0 Å². The van der Waals surface area contributed by atoms with E-state index in [-0.39, 0.29) is 5.97 Å². The molecule has 5 nitrogen and oxygen atoms in total. The van der Waals surface area contributed by atoms with Gasteiger partial charge in [-0.2, -0.15) is 0 Å². The van der Waals surface area contributed by atoms with E-state index in [1.165, 1.54) is 11.8 Å². The number of benzene rings is 2. The van der Waals surface area contributed by atoms with E-state index in [4.69, 9.17) is 4.74 Å². The summed E-state index contributed by atoms with van der Waals surface area (Å²) < 4.78 is 7.14.